The predicted octanol–water partition coefficient (Wildman–Crippen LogP) is 10.6. The van der Waals surface area contributed by atoms with E-state index in [1.54, 1.807) is 0 Å². The molecule has 0 unspecified atom stereocenters. The number of rotatable bonds is 11. The SMILES string of the molecule is C=C(Br)/C=C(C)/C(=C\N/C(C)=C/C)c1nc2c3cc(NC(=C)CCC(=C)OC(C)(C)C)ccc3c3ccccc3c2[nH]1. The molecule has 0 aliphatic rings. The minimum absolute atomic E-state index is 0.256. The van der Waals surface area contributed by atoms with Gasteiger partial charge in [-0.3, -0.25) is 0 Å². The molecule has 0 spiro atoms. The summed E-state index contributed by atoms with van der Waals surface area (Å²) in [5.74, 6) is 1.54. The number of hydrogen-bond acceptors (Lipinski definition) is 4. The number of halogens is 1. The molecule has 218 valence electrons. The summed E-state index contributed by atoms with van der Waals surface area (Å²) < 4.78 is 6.68. The van der Waals surface area contributed by atoms with Crippen molar-refractivity contribution < 1.29 is 4.74 Å². The monoisotopic (exact) mass is 624 g/mol. The molecule has 3 N–H and O–H groups in total. The lowest BCUT2D eigenvalue weighted by Gasteiger charge is -2.23. The van der Waals surface area contributed by atoms with Crippen molar-refractivity contribution in [3.8, 4) is 0 Å². The molecule has 0 radical (unpaired) electrons. The van der Waals surface area contributed by atoms with Crippen LogP contribution < -0.4 is 10.6 Å². The van der Waals surface area contributed by atoms with Gasteiger partial charge in [0.25, 0.3) is 0 Å². The number of ether oxygens (including phenoxy) is 1. The molecule has 0 aliphatic carbocycles. The Morgan fingerprint density at radius 2 is 1.69 bits per heavy atom. The van der Waals surface area contributed by atoms with Gasteiger partial charge in [0.05, 0.1) is 16.8 Å². The Balaban J connectivity index is 1.79. The first-order valence-corrected chi connectivity index (χ1v) is 14.9. The van der Waals surface area contributed by atoms with E-state index in [1.807, 2.05) is 53.0 Å². The van der Waals surface area contributed by atoms with E-state index in [0.717, 1.165) is 77.9 Å². The van der Waals surface area contributed by atoms with Gasteiger partial charge in [-0.05, 0) is 82.5 Å². The maximum Gasteiger partial charge on any atom is 0.140 e. The van der Waals surface area contributed by atoms with Gasteiger partial charge in [-0.15, -0.1) is 0 Å². The zero-order valence-corrected chi connectivity index (χ0v) is 27.1. The van der Waals surface area contributed by atoms with Crippen LogP contribution >= 0.6 is 15.9 Å². The fourth-order valence-corrected chi connectivity index (χ4v) is 5.21. The van der Waals surface area contributed by atoms with E-state index in [1.165, 1.54) is 5.39 Å². The van der Waals surface area contributed by atoms with Gasteiger partial charge in [-0.1, -0.05) is 72.1 Å². The topological polar surface area (TPSA) is 62.0 Å². The number of fused-ring (bicyclic) bond motifs is 6. The van der Waals surface area contributed by atoms with E-state index in [0.29, 0.717) is 6.42 Å². The minimum Gasteiger partial charge on any atom is -0.493 e. The third-order valence-electron chi connectivity index (χ3n) is 6.87. The molecular formula is C36H41BrN4O. The molecule has 0 fully saturated rings. The van der Waals surface area contributed by atoms with Gasteiger partial charge in [0, 0.05) is 50.5 Å². The molecular weight excluding hydrogens is 584 g/mol. The third-order valence-corrected chi connectivity index (χ3v) is 7.10. The summed E-state index contributed by atoms with van der Waals surface area (Å²) in [6.45, 7) is 24.5. The molecule has 0 bridgehead atoms. The summed E-state index contributed by atoms with van der Waals surface area (Å²) >= 11 is 3.48. The summed E-state index contributed by atoms with van der Waals surface area (Å²) in [7, 11) is 0. The average Bonchev–Trinajstić information content (AvgIpc) is 3.36. The van der Waals surface area contributed by atoms with Crippen molar-refractivity contribution >= 4 is 59.8 Å². The Bertz CT molecular complexity index is 1780. The van der Waals surface area contributed by atoms with Crippen LogP contribution in [0.5, 0.6) is 0 Å². The standard InChI is InChI=1S/C36H41BrN4O/c1-10-24(4)38-21-32(22(2)19-23(3)37)35-40-33-30-14-12-11-13-28(30)29-18-17-27(20-31(29)34(33)41-35)39-25(5)15-16-26(6)42-36(7,8)9/h10-14,17-21,38-39H,3,5-6,15-16H2,1-2,4,7-9H3,(H,40,41)/b22-19+,24-10+,32-21+. The average molecular weight is 626 g/mol. The number of aromatic amines is 1. The number of aromatic nitrogens is 2. The highest BCUT2D eigenvalue weighted by atomic mass is 79.9. The molecule has 42 heavy (non-hydrogen) atoms. The lowest BCUT2D eigenvalue weighted by atomic mass is 9.99. The molecule has 4 aromatic rings. The van der Waals surface area contributed by atoms with Crippen LogP contribution in [0.3, 0.4) is 0 Å². The van der Waals surface area contributed by atoms with Crippen molar-refractivity contribution in [2.75, 3.05) is 5.32 Å². The first-order chi connectivity index (χ1) is 19.9. The van der Waals surface area contributed by atoms with Crippen LogP contribution in [0.15, 0.2) is 108 Å². The zero-order chi connectivity index (χ0) is 30.6. The first kappa shape index (κ1) is 30.9. The second kappa shape index (κ2) is 12.9. The van der Waals surface area contributed by atoms with Crippen LogP contribution in [0.1, 0.15) is 60.2 Å². The molecule has 0 saturated heterocycles. The van der Waals surface area contributed by atoms with E-state index >= 15 is 0 Å². The summed E-state index contributed by atoms with van der Waals surface area (Å²) in [5, 5.41) is 11.4. The third kappa shape index (κ3) is 7.42. The summed E-state index contributed by atoms with van der Waals surface area (Å²) in [4.78, 5) is 8.84. The fourth-order valence-electron chi connectivity index (χ4n) is 4.87. The van der Waals surface area contributed by atoms with E-state index in [9.17, 15) is 0 Å². The van der Waals surface area contributed by atoms with Crippen molar-refractivity contribution in [1.82, 2.24) is 15.3 Å². The second-order valence-corrected chi connectivity index (χ2v) is 12.6. The number of hydrogen-bond donors (Lipinski definition) is 3. The molecule has 1 heterocycles. The molecule has 5 nitrogen and oxygen atoms in total. The van der Waals surface area contributed by atoms with E-state index < -0.39 is 0 Å². The smallest absolute Gasteiger partial charge is 0.140 e. The normalized spacial score (nSPS) is 13.1. The number of H-pyrrole nitrogens is 1. The molecule has 3 aromatic carbocycles. The van der Waals surface area contributed by atoms with Gasteiger partial charge in [0.2, 0.25) is 0 Å². The number of nitrogens with one attached hydrogen (secondary N) is 3. The highest BCUT2D eigenvalue weighted by molar-refractivity contribution is 9.11. The predicted molar refractivity (Wildman–Crippen MR) is 185 cm³/mol. The van der Waals surface area contributed by atoms with E-state index in [2.05, 4.69) is 101 Å². The van der Waals surface area contributed by atoms with Crippen LogP contribution in [0.2, 0.25) is 0 Å². The van der Waals surface area contributed by atoms with Gasteiger partial charge in [0.15, 0.2) is 0 Å². The molecule has 4 rings (SSSR count). The molecule has 0 aliphatic heterocycles. The largest absolute Gasteiger partial charge is 0.493 e. The summed E-state index contributed by atoms with van der Waals surface area (Å²) in [6.07, 6.45) is 7.46. The highest BCUT2D eigenvalue weighted by Crippen LogP contribution is 2.37. The van der Waals surface area contributed by atoms with Crippen LogP contribution in [0, 0.1) is 0 Å². The quantitative estimate of drug-likeness (QED) is 0.0882. The van der Waals surface area contributed by atoms with Gasteiger partial charge in [-0.2, -0.15) is 0 Å². The van der Waals surface area contributed by atoms with Crippen molar-refractivity contribution in [2.45, 2.75) is 60.0 Å². The maximum absolute atomic E-state index is 5.88. The fraction of sp³-hybridized carbons (Fsp3) is 0.250. The Labute approximate surface area is 258 Å². The minimum atomic E-state index is -0.256. The zero-order valence-electron chi connectivity index (χ0n) is 25.5. The number of anilines is 1. The van der Waals surface area contributed by atoms with Crippen LogP contribution in [0.4, 0.5) is 5.69 Å². The highest BCUT2D eigenvalue weighted by Gasteiger charge is 2.17. The molecule has 6 heteroatoms. The van der Waals surface area contributed by atoms with Crippen molar-refractivity contribution in [2.24, 2.45) is 0 Å². The second-order valence-electron chi connectivity index (χ2n) is 11.5. The lowest BCUT2D eigenvalue weighted by molar-refractivity contribution is 0.0480. The van der Waals surface area contributed by atoms with Crippen molar-refractivity contribution in [3.63, 3.8) is 0 Å². The van der Waals surface area contributed by atoms with E-state index in [4.69, 9.17) is 9.72 Å². The number of allylic oxidation sites excluding steroid dienone is 8. The van der Waals surface area contributed by atoms with Gasteiger partial charge < -0.3 is 20.4 Å². The van der Waals surface area contributed by atoms with Gasteiger partial charge >= 0.3 is 0 Å². The Morgan fingerprint density at radius 3 is 2.36 bits per heavy atom. The Kier molecular flexibility index (Phi) is 9.47. The molecule has 0 saturated carbocycles. The Hall–Kier alpha value is -4.03. The molecule has 0 amide bonds. The van der Waals surface area contributed by atoms with Crippen molar-refractivity contribution in [1.29, 1.82) is 0 Å². The van der Waals surface area contributed by atoms with Gasteiger partial charge in [0.1, 0.15) is 11.4 Å². The number of nitrogens with zero attached hydrogens (tertiary/aromatic N) is 1. The number of benzene rings is 3. The molecule has 0 atom stereocenters. The van der Waals surface area contributed by atoms with Gasteiger partial charge in [-0.25, -0.2) is 4.98 Å². The number of imidazole rings is 1. The van der Waals surface area contributed by atoms with Crippen molar-refractivity contribution in [3.05, 3.63) is 114 Å². The summed E-state index contributed by atoms with van der Waals surface area (Å²) in [5.41, 5.74) is 6.55. The summed E-state index contributed by atoms with van der Waals surface area (Å²) in [6, 6.07) is 14.9. The van der Waals surface area contributed by atoms with E-state index in [-0.39, 0.29) is 5.60 Å². The Morgan fingerprint density at radius 1 is 1.00 bits per heavy atom. The van der Waals surface area contributed by atoms with Crippen LogP contribution in [0.25, 0.3) is 38.2 Å². The lowest BCUT2D eigenvalue weighted by Crippen LogP contribution is -2.18. The van der Waals surface area contributed by atoms with Crippen LogP contribution in [-0.2, 0) is 4.74 Å². The maximum atomic E-state index is 5.88. The molecule has 1 aromatic heterocycles. The first-order valence-electron chi connectivity index (χ1n) is 14.1. The van der Waals surface area contributed by atoms with Crippen LogP contribution in [-0.4, -0.2) is 15.6 Å².